The van der Waals surface area contributed by atoms with Crippen molar-refractivity contribution in [2.75, 3.05) is 5.73 Å². The summed E-state index contributed by atoms with van der Waals surface area (Å²) in [7, 11) is 0. The lowest BCUT2D eigenvalue weighted by Gasteiger charge is -1.91. The van der Waals surface area contributed by atoms with Gasteiger partial charge in [-0.05, 0) is 24.3 Å². The first-order valence-corrected chi connectivity index (χ1v) is 5.28. The van der Waals surface area contributed by atoms with Gasteiger partial charge in [0.15, 0.2) is 5.69 Å². The highest BCUT2D eigenvalue weighted by atomic mass is 19.1. The van der Waals surface area contributed by atoms with Crippen molar-refractivity contribution in [3.63, 3.8) is 0 Å². The first-order valence-electron chi connectivity index (χ1n) is 5.28. The van der Waals surface area contributed by atoms with E-state index in [0.29, 0.717) is 5.69 Å². The molecule has 0 bridgehead atoms. The molecule has 1 heterocycles. The maximum atomic E-state index is 12.7. The Morgan fingerprint density at radius 2 is 1.95 bits per heavy atom. The molecule has 0 unspecified atom stereocenters. The van der Waals surface area contributed by atoms with Crippen molar-refractivity contribution in [3.8, 4) is 0 Å². The van der Waals surface area contributed by atoms with Crippen LogP contribution < -0.4 is 11.3 Å². The van der Waals surface area contributed by atoms with Gasteiger partial charge in [0, 0.05) is 6.92 Å². The van der Waals surface area contributed by atoms with Crippen molar-refractivity contribution in [2.24, 2.45) is 10.2 Å². The predicted molar refractivity (Wildman–Crippen MR) is 66.3 cm³/mol. The van der Waals surface area contributed by atoms with Gasteiger partial charge < -0.3 is 5.73 Å². The summed E-state index contributed by atoms with van der Waals surface area (Å²) in [5, 5.41) is 9.79. The van der Waals surface area contributed by atoms with Crippen LogP contribution in [0.25, 0.3) is 0 Å². The van der Waals surface area contributed by atoms with E-state index in [4.69, 9.17) is 5.73 Å². The summed E-state index contributed by atoms with van der Waals surface area (Å²) >= 11 is 0. The van der Waals surface area contributed by atoms with E-state index < -0.39 is 17.3 Å². The molecule has 98 valence electrons. The molecule has 0 fully saturated rings. The summed E-state index contributed by atoms with van der Waals surface area (Å²) in [5.74, 6) is -0.981. The summed E-state index contributed by atoms with van der Waals surface area (Å²) in [6.07, 6.45) is 0. The van der Waals surface area contributed by atoms with Gasteiger partial charge in [-0.1, -0.05) is 0 Å². The molecule has 0 saturated carbocycles. The van der Waals surface area contributed by atoms with Gasteiger partial charge in [0.2, 0.25) is 5.91 Å². The molecular formula is C11H10FN5O2. The Balaban J connectivity index is 2.36. The monoisotopic (exact) mass is 263 g/mol. The fraction of sp³-hybridized carbons (Fsp3) is 0.0909. The summed E-state index contributed by atoms with van der Waals surface area (Å²) in [4.78, 5) is 22.8. The zero-order valence-corrected chi connectivity index (χ0v) is 9.92. The van der Waals surface area contributed by atoms with Crippen molar-refractivity contribution in [3.05, 3.63) is 40.4 Å². The Morgan fingerprint density at radius 1 is 1.32 bits per heavy atom. The Labute approximate surface area is 106 Å². The zero-order valence-electron chi connectivity index (χ0n) is 9.92. The molecule has 0 radical (unpaired) electrons. The van der Waals surface area contributed by atoms with Crippen molar-refractivity contribution >= 4 is 23.1 Å². The molecule has 2 aromatic rings. The van der Waals surface area contributed by atoms with Crippen LogP contribution in [0.15, 0.2) is 39.3 Å². The topological polar surface area (TPSA) is 106 Å². The molecular weight excluding hydrogens is 253 g/mol. The highest BCUT2D eigenvalue weighted by molar-refractivity contribution is 5.77. The van der Waals surface area contributed by atoms with Gasteiger partial charge in [-0.15, -0.1) is 5.11 Å². The van der Waals surface area contributed by atoms with E-state index in [1.165, 1.54) is 31.2 Å². The normalized spacial score (nSPS) is 11.1. The highest BCUT2D eigenvalue weighted by Crippen LogP contribution is 2.19. The molecule has 0 amide bonds. The third kappa shape index (κ3) is 2.57. The number of carbonyl (C=O) groups excluding carboxylic acids is 1. The molecule has 8 heteroatoms. The average Bonchev–Trinajstić information content (AvgIpc) is 2.65. The molecule has 7 nitrogen and oxygen atoms in total. The summed E-state index contributed by atoms with van der Waals surface area (Å²) in [6.45, 7) is 1.21. The number of aromatic amines is 1. The zero-order chi connectivity index (χ0) is 14.0. The standard InChI is InChI=1S/C11H10FN5O2/c1-6(18)17-11(19)9(10(13)16-17)15-14-8-4-2-7(12)3-5-8/h2-5,16H,13H2,1H3. The molecule has 1 aromatic carbocycles. The number of carbonyl (C=O) groups is 1. The largest absolute Gasteiger partial charge is 0.382 e. The summed E-state index contributed by atoms with van der Waals surface area (Å²) in [5.41, 5.74) is 5.03. The minimum Gasteiger partial charge on any atom is -0.382 e. The fourth-order valence-corrected chi connectivity index (χ4v) is 1.38. The molecule has 0 saturated heterocycles. The van der Waals surface area contributed by atoms with E-state index in [-0.39, 0.29) is 11.5 Å². The number of H-pyrrole nitrogens is 1. The SMILES string of the molecule is CC(=O)n1[nH]c(N)c(N=Nc2ccc(F)cc2)c1=O. The van der Waals surface area contributed by atoms with Gasteiger partial charge in [0.1, 0.15) is 11.6 Å². The second-order valence-corrected chi connectivity index (χ2v) is 3.71. The predicted octanol–water partition coefficient (Wildman–Crippen LogP) is 1.97. The minimum absolute atomic E-state index is 0.0638. The molecule has 2 rings (SSSR count). The van der Waals surface area contributed by atoms with Gasteiger partial charge in [0.05, 0.1) is 5.69 Å². The Kier molecular flexibility index (Phi) is 3.23. The Morgan fingerprint density at radius 3 is 2.47 bits per heavy atom. The van der Waals surface area contributed by atoms with Crippen molar-refractivity contribution in [1.82, 2.24) is 9.78 Å². The second-order valence-electron chi connectivity index (χ2n) is 3.71. The summed E-state index contributed by atoms with van der Waals surface area (Å²) < 4.78 is 13.4. The van der Waals surface area contributed by atoms with Gasteiger partial charge in [0.25, 0.3) is 0 Å². The quantitative estimate of drug-likeness (QED) is 0.809. The van der Waals surface area contributed by atoms with Crippen LogP contribution in [-0.4, -0.2) is 15.7 Å². The lowest BCUT2D eigenvalue weighted by atomic mass is 10.3. The van der Waals surface area contributed by atoms with E-state index in [1.807, 2.05) is 0 Å². The smallest absolute Gasteiger partial charge is 0.303 e. The van der Waals surface area contributed by atoms with Gasteiger partial charge in [-0.25, -0.2) is 4.39 Å². The summed E-state index contributed by atoms with van der Waals surface area (Å²) in [6, 6.07) is 5.21. The van der Waals surface area contributed by atoms with Crippen molar-refractivity contribution in [1.29, 1.82) is 0 Å². The number of nitrogens with two attached hydrogens (primary N) is 1. The lowest BCUT2D eigenvalue weighted by Crippen LogP contribution is -2.21. The minimum atomic E-state index is -0.684. The lowest BCUT2D eigenvalue weighted by molar-refractivity contribution is 0.0917. The number of nitrogens with one attached hydrogen (secondary N) is 1. The number of hydrogen-bond donors (Lipinski definition) is 2. The van der Waals surface area contributed by atoms with Crippen molar-refractivity contribution in [2.45, 2.75) is 6.92 Å². The maximum absolute atomic E-state index is 12.7. The van der Waals surface area contributed by atoms with Crippen molar-refractivity contribution < 1.29 is 9.18 Å². The molecule has 0 aliphatic rings. The number of benzene rings is 1. The highest BCUT2D eigenvalue weighted by Gasteiger charge is 2.13. The molecule has 19 heavy (non-hydrogen) atoms. The number of rotatable bonds is 2. The fourth-order valence-electron chi connectivity index (χ4n) is 1.38. The number of aromatic nitrogens is 2. The van der Waals surface area contributed by atoms with Crippen LogP contribution in [0.2, 0.25) is 0 Å². The number of nitrogens with zero attached hydrogens (tertiary/aromatic N) is 3. The third-order valence-electron chi connectivity index (χ3n) is 2.30. The molecule has 3 N–H and O–H groups in total. The van der Waals surface area contributed by atoms with Crippen LogP contribution in [0.3, 0.4) is 0 Å². The third-order valence-corrected chi connectivity index (χ3v) is 2.30. The van der Waals surface area contributed by atoms with Crippen LogP contribution in [0.1, 0.15) is 11.7 Å². The van der Waals surface area contributed by atoms with Gasteiger partial charge >= 0.3 is 5.56 Å². The first kappa shape index (κ1) is 12.7. The number of nitrogen functional groups attached to an aromatic ring is 1. The Hall–Kier alpha value is -2.77. The van der Waals surface area contributed by atoms with Crippen LogP contribution in [0.5, 0.6) is 0 Å². The van der Waals surface area contributed by atoms with Crippen LogP contribution in [-0.2, 0) is 0 Å². The molecule has 0 atom stereocenters. The number of hydrogen-bond acceptors (Lipinski definition) is 5. The second kappa shape index (κ2) is 4.84. The molecule has 0 aliphatic heterocycles. The van der Waals surface area contributed by atoms with Crippen LogP contribution >= 0.6 is 0 Å². The average molecular weight is 263 g/mol. The van der Waals surface area contributed by atoms with E-state index >= 15 is 0 Å². The van der Waals surface area contributed by atoms with Crippen LogP contribution in [0.4, 0.5) is 21.6 Å². The van der Waals surface area contributed by atoms with Gasteiger partial charge in [-0.3, -0.25) is 14.7 Å². The number of azo groups is 1. The van der Waals surface area contributed by atoms with E-state index in [2.05, 4.69) is 15.3 Å². The number of anilines is 1. The van der Waals surface area contributed by atoms with Crippen LogP contribution in [0, 0.1) is 5.82 Å². The van der Waals surface area contributed by atoms with E-state index in [1.54, 1.807) is 0 Å². The number of halogens is 1. The van der Waals surface area contributed by atoms with E-state index in [9.17, 15) is 14.0 Å². The Bertz CT molecular complexity index is 699. The molecule has 0 aliphatic carbocycles. The van der Waals surface area contributed by atoms with Gasteiger partial charge in [-0.2, -0.15) is 9.80 Å². The molecule has 1 aromatic heterocycles. The molecule has 0 spiro atoms. The first-order chi connectivity index (χ1) is 8.99. The maximum Gasteiger partial charge on any atom is 0.303 e. The van der Waals surface area contributed by atoms with E-state index in [0.717, 1.165) is 4.68 Å².